The number of methoxy groups -OCH3 is 1. The first kappa shape index (κ1) is 18.1. The lowest BCUT2D eigenvalue weighted by Gasteiger charge is -2.42. The summed E-state index contributed by atoms with van der Waals surface area (Å²) in [4.78, 5) is 32.7. The molecule has 1 aromatic rings. The Morgan fingerprint density at radius 1 is 1.44 bits per heavy atom. The summed E-state index contributed by atoms with van der Waals surface area (Å²) in [5.41, 5.74) is 1.71. The van der Waals surface area contributed by atoms with E-state index in [1.54, 1.807) is 14.0 Å². The summed E-state index contributed by atoms with van der Waals surface area (Å²) >= 11 is 0. The summed E-state index contributed by atoms with van der Waals surface area (Å²) in [5.74, 6) is 0.0722. The quantitative estimate of drug-likeness (QED) is 0.840. The minimum atomic E-state index is -0.366. The van der Waals surface area contributed by atoms with Gasteiger partial charge in [0, 0.05) is 31.5 Å². The van der Waals surface area contributed by atoms with E-state index in [-0.39, 0.29) is 29.3 Å². The zero-order valence-corrected chi connectivity index (χ0v) is 15.2. The predicted octanol–water partition coefficient (Wildman–Crippen LogP) is 0.850. The normalized spacial score (nSPS) is 28.9. The molecule has 1 saturated carbocycles. The Balaban J connectivity index is 1.71. The number of aliphatic hydroxyl groups excluding tert-OH is 1. The SMILES string of the molecule is CO[C@@]12CC[C@H](O)C[C@@H]1N(C(=O)CCc1c(C)nc(=O)[nH]c1C)CC2. The molecule has 0 aromatic carbocycles. The van der Waals surface area contributed by atoms with Gasteiger partial charge in [-0.05, 0) is 51.5 Å². The Morgan fingerprint density at radius 3 is 2.88 bits per heavy atom. The lowest BCUT2D eigenvalue weighted by atomic mass is 9.79. The van der Waals surface area contributed by atoms with E-state index in [1.807, 2.05) is 11.8 Å². The number of nitrogens with one attached hydrogen (secondary N) is 1. The van der Waals surface area contributed by atoms with Crippen LogP contribution in [-0.4, -0.2) is 57.3 Å². The molecule has 7 heteroatoms. The van der Waals surface area contributed by atoms with Crippen LogP contribution in [0.4, 0.5) is 0 Å². The number of ether oxygens (including phenoxy) is 1. The van der Waals surface area contributed by atoms with Crippen molar-refractivity contribution in [1.82, 2.24) is 14.9 Å². The van der Waals surface area contributed by atoms with E-state index in [0.29, 0.717) is 31.5 Å². The number of aliphatic hydroxyl groups is 1. The van der Waals surface area contributed by atoms with Crippen molar-refractivity contribution in [3.05, 3.63) is 27.4 Å². The molecule has 1 aromatic heterocycles. The smallest absolute Gasteiger partial charge is 0.345 e. The van der Waals surface area contributed by atoms with Gasteiger partial charge in [0.1, 0.15) is 0 Å². The maximum Gasteiger partial charge on any atom is 0.345 e. The first-order valence-electron chi connectivity index (χ1n) is 8.95. The monoisotopic (exact) mass is 349 g/mol. The van der Waals surface area contributed by atoms with Gasteiger partial charge >= 0.3 is 5.69 Å². The van der Waals surface area contributed by atoms with E-state index in [1.165, 1.54) is 0 Å². The van der Waals surface area contributed by atoms with Crippen LogP contribution in [0.15, 0.2) is 4.79 Å². The number of nitrogens with zero attached hydrogens (tertiary/aromatic N) is 2. The lowest BCUT2D eigenvalue weighted by molar-refractivity contribution is -0.139. The molecule has 0 spiro atoms. The van der Waals surface area contributed by atoms with Crippen molar-refractivity contribution in [3.63, 3.8) is 0 Å². The maximum atomic E-state index is 12.8. The molecule has 2 N–H and O–H groups in total. The fourth-order valence-corrected chi connectivity index (χ4v) is 4.47. The first-order valence-corrected chi connectivity index (χ1v) is 8.95. The number of rotatable bonds is 4. The van der Waals surface area contributed by atoms with Gasteiger partial charge in [0.15, 0.2) is 0 Å². The minimum absolute atomic E-state index is 0.0513. The number of likely N-dealkylation sites (tertiary alicyclic amines) is 1. The van der Waals surface area contributed by atoms with Gasteiger partial charge in [0.25, 0.3) is 0 Å². The Hall–Kier alpha value is -1.73. The van der Waals surface area contributed by atoms with E-state index in [0.717, 1.165) is 30.5 Å². The number of amides is 1. The number of hydrogen-bond acceptors (Lipinski definition) is 5. The molecule has 2 heterocycles. The average Bonchev–Trinajstić information content (AvgIpc) is 2.93. The molecular weight excluding hydrogens is 322 g/mol. The van der Waals surface area contributed by atoms with Crippen molar-refractivity contribution in [2.24, 2.45) is 0 Å². The zero-order valence-electron chi connectivity index (χ0n) is 15.2. The number of fused-ring (bicyclic) bond motifs is 1. The highest BCUT2D eigenvalue weighted by Gasteiger charge is 2.52. The van der Waals surface area contributed by atoms with Crippen LogP contribution < -0.4 is 5.69 Å². The third-order valence-electron chi connectivity index (χ3n) is 5.92. The van der Waals surface area contributed by atoms with Crippen LogP contribution >= 0.6 is 0 Å². The van der Waals surface area contributed by atoms with Gasteiger partial charge in [-0.15, -0.1) is 0 Å². The van der Waals surface area contributed by atoms with Crippen LogP contribution in [0.25, 0.3) is 0 Å². The maximum absolute atomic E-state index is 12.8. The molecule has 1 aliphatic heterocycles. The van der Waals surface area contributed by atoms with E-state index in [2.05, 4.69) is 9.97 Å². The van der Waals surface area contributed by atoms with Crippen molar-refractivity contribution in [2.75, 3.05) is 13.7 Å². The number of aryl methyl sites for hydroxylation is 2. The topological polar surface area (TPSA) is 95.5 Å². The number of hydrogen-bond donors (Lipinski definition) is 2. The molecule has 138 valence electrons. The van der Waals surface area contributed by atoms with Crippen molar-refractivity contribution in [1.29, 1.82) is 0 Å². The highest BCUT2D eigenvalue weighted by molar-refractivity contribution is 5.77. The van der Waals surface area contributed by atoms with E-state index in [9.17, 15) is 14.7 Å². The molecule has 1 aliphatic carbocycles. The van der Waals surface area contributed by atoms with Gasteiger partial charge in [-0.25, -0.2) is 4.79 Å². The van der Waals surface area contributed by atoms with E-state index in [4.69, 9.17) is 4.74 Å². The predicted molar refractivity (Wildman–Crippen MR) is 92.4 cm³/mol. The fourth-order valence-electron chi connectivity index (χ4n) is 4.47. The van der Waals surface area contributed by atoms with Crippen molar-refractivity contribution >= 4 is 5.91 Å². The van der Waals surface area contributed by atoms with Crippen molar-refractivity contribution < 1.29 is 14.6 Å². The van der Waals surface area contributed by atoms with Gasteiger partial charge in [0.05, 0.1) is 17.7 Å². The molecule has 0 bridgehead atoms. The summed E-state index contributed by atoms with van der Waals surface area (Å²) in [7, 11) is 1.71. The van der Waals surface area contributed by atoms with Crippen LogP contribution in [0.3, 0.4) is 0 Å². The Morgan fingerprint density at radius 2 is 2.20 bits per heavy atom. The van der Waals surface area contributed by atoms with Crippen LogP contribution in [0.5, 0.6) is 0 Å². The van der Waals surface area contributed by atoms with Crippen LogP contribution in [-0.2, 0) is 16.0 Å². The second-order valence-electron chi connectivity index (χ2n) is 7.28. The Labute approximate surface area is 147 Å². The molecule has 1 amide bonds. The third kappa shape index (κ3) is 3.35. The van der Waals surface area contributed by atoms with Gasteiger partial charge in [-0.3, -0.25) is 4.79 Å². The molecule has 3 atom stereocenters. The molecule has 0 unspecified atom stereocenters. The molecule has 7 nitrogen and oxygen atoms in total. The Kier molecular flexibility index (Phi) is 4.97. The molecule has 0 radical (unpaired) electrons. The fraction of sp³-hybridized carbons (Fsp3) is 0.722. The summed E-state index contributed by atoms with van der Waals surface area (Å²) in [6.45, 7) is 4.30. The largest absolute Gasteiger partial charge is 0.393 e. The summed E-state index contributed by atoms with van der Waals surface area (Å²) < 4.78 is 5.79. The highest BCUT2D eigenvalue weighted by atomic mass is 16.5. The number of aromatic amines is 1. The van der Waals surface area contributed by atoms with E-state index < -0.39 is 0 Å². The summed E-state index contributed by atoms with van der Waals surface area (Å²) in [6.07, 6.45) is 3.47. The second kappa shape index (κ2) is 6.88. The molecule has 1 saturated heterocycles. The van der Waals surface area contributed by atoms with Crippen molar-refractivity contribution in [2.45, 2.75) is 70.1 Å². The summed E-state index contributed by atoms with van der Waals surface area (Å²) in [6, 6.07) is -0.0513. The molecule has 2 fully saturated rings. The number of aromatic nitrogens is 2. The van der Waals surface area contributed by atoms with Gasteiger partial charge < -0.3 is 19.7 Å². The summed E-state index contributed by atoms with van der Waals surface area (Å²) in [5, 5.41) is 10.0. The molecular formula is C18H27N3O4. The molecule has 25 heavy (non-hydrogen) atoms. The molecule has 2 aliphatic rings. The van der Waals surface area contributed by atoms with Crippen molar-refractivity contribution in [3.8, 4) is 0 Å². The van der Waals surface area contributed by atoms with Gasteiger partial charge in [-0.2, -0.15) is 4.98 Å². The number of carbonyl (C=O) groups is 1. The van der Waals surface area contributed by atoms with E-state index >= 15 is 0 Å². The minimum Gasteiger partial charge on any atom is -0.393 e. The first-order chi connectivity index (χ1) is 11.9. The van der Waals surface area contributed by atoms with Crippen LogP contribution in [0.1, 0.15) is 49.1 Å². The van der Waals surface area contributed by atoms with Crippen LogP contribution in [0.2, 0.25) is 0 Å². The second-order valence-corrected chi connectivity index (χ2v) is 7.28. The standard InChI is InChI=1S/C18H27N3O4/c1-11-14(12(2)20-17(24)19-11)4-5-16(23)21-9-8-18(25-3)7-6-13(22)10-15(18)21/h13,15,22H,4-10H2,1-3H3,(H,19,20,24)/t13-,15-,18+/m0/s1. The highest BCUT2D eigenvalue weighted by Crippen LogP contribution is 2.42. The van der Waals surface area contributed by atoms with Crippen LogP contribution in [0, 0.1) is 13.8 Å². The lowest BCUT2D eigenvalue weighted by Crippen LogP contribution is -2.52. The number of H-pyrrole nitrogens is 1. The Bertz CT molecular complexity index is 691. The molecule has 3 rings (SSSR count). The third-order valence-corrected chi connectivity index (χ3v) is 5.92. The number of carbonyl (C=O) groups excluding carboxylic acids is 1. The van der Waals surface area contributed by atoms with Gasteiger partial charge in [-0.1, -0.05) is 0 Å². The average molecular weight is 349 g/mol. The van der Waals surface area contributed by atoms with Gasteiger partial charge in [0.2, 0.25) is 5.91 Å². The zero-order chi connectivity index (χ0) is 18.2.